The van der Waals surface area contributed by atoms with Crippen LogP contribution in [0.1, 0.15) is 17.5 Å². The van der Waals surface area contributed by atoms with Crippen molar-refractivity contribution in [2.24, 2.45) is 0 Å². The molecule has 0 radical (unpaired) electrons. The van der Waals surface area contributed by atoms with Crippen molar-refractivity contribution in [2.75, 3.05) is 6.61 Å². The van der Waals surface area contributed by atoms with E-state index in [2.05, 4.69) is 30.5 Å². The van der Waals surface area contributed by atoms with E-state index in [4.69, 9.17) is 10.1 Å². The molecule has 2 aromatic carbocycles. The fraction of sp³-hybridized carbons (Fsp3) is 0.278. The third-order valence-corrected chi connectivity index (χ3v) is 4.01. The SMILES string of the molecule is Cc1cc2nc(-c3ccc(F)cc3)n(CCCO)c2cc1C. The second kappa shape index (κ2) is 5.89. The molecular weight excluding hydrogens is 279 g/mol. The quantitative estimate of drug-likeness (QED) is 0.794. The Kier molecular flexibility index (Phi) is 3.94. The molecular formula is C18H19FN2O. The van der Waals surface area contributed by atoms with Crippen LogP contribution >= 0.6 is 0 Å². The predicted octanol–water partition coefficient (Wildman–Crippen LogP) is 3.84. The maximum atomic E-state index is 13.2. The van der Waals surface area contributed by atoms with Crippen molar-refractivity contribution in [3.05, 3.63) is 53.3 Å². The summed E-state index contributed by atoms with van der Waals surface area (Å²) < 4.78 is 15.3. The van der Waals surface area contributed by atoms with Gasteiger partial charge in [0.2, 0.25) is 0 Å². The van der Waals surface area contributed by atoms with Crippen LogP contribution in [0.5, 0.6) is 0 Å². The van der Waals surface area contributed by atoms with E-state index in [9.17, 15) is 4.39 Å². The van der Waals surface area contributed by atoms with E-state index >= 15 is 0 Å². The number of aromatic nitrogens is 2. The molecule has 0 atom stereocenters. The second-order valence-electron chi connectivity index (χ2n) is 5.60. The minimum atomic E-state index is -0.256. The molecule has 1 heterocycles. The second-order valence-corrected chi connectivity index (χ2v) is 5.60. The van der Waals surface area contributed by atoms with Crippen molar-refractivity contribution in [1.82, 2.24) is 9.55 Å². The van der Waals surface area contributed by atoms with Crippen molar-refractivity contribution >= 4 is 11.0 Å². The molecule has 1 aromatic heterocycles. The number of hydrogen-bond donors (Lipinski definition) is 1. The third-order valence-electron chi connectivity index (χ3n) is 4.01. The van der Waals surface area contributed by atoms with Gasteiger partial charge in [-0.25, -0.2) is 9.37 Å². The Balaban J connectivity index is 2.21. The molecule has 0 saturated carbocycles. The predicted molar refractivity (Wildman–Crippen MR) is 86.3 cm³/mol. The van der Waals surface area contributed by atoms with Crippen LogP contribution in [0, 0.1) is 19.7 Å². The van der Waals surface area contributed by atoms with Gasteiger partial charge >= 0.3 is 0 Å². The van der Waals surface area contributed by atoms with Gasteiger partial charge in [-0.1, -0.05) is 0 Å². The van der Waals surface area contributed by atoms with Gasteiger partial charge in [-0.2, -0.15) is 0 Å². The average molecular weight is 298 g/mol. The molecule has 0 spiro atoms. The minimum absolute atomic E-state index is 0.132. The van der Waals surface area contributed by atoms with Crippen molar-refractivity contribution < 1.29 is 9.50 Å². The highest BCUT2D eigenvalue weighted by atomic mass is 19.1. The number of benzene rings is 2. The number of rotatable bonds is 4. The molecule has 0 aliphatic carbocycles. The first kappa shape index (κ1) is 14.7. The normalized spacial score (nSPS) is 11.3. The van der Waals surface area contributed by atoms with E-state index in [0.717, 1.165) is 22.4 Å². The van der Waals surface area contributed by atoms with E-state index in [1.54, 1.807) is 12.1 Å². The van der Waals surface area contributed by atoms with Gasteiger partial charge in [0.25, 0.3) is 0 Å². The monoisotopic (exact) mass is 298 g/mol. The zero-order chi connectivity index (χ0) is 15.7. The first-order chi connectivity index (χ1) is 10.6. The first-order valence-electron chi connectivity index (χ1n) is 7.44. The lowest BCUT2D eigenvalue weighted by molar-refractivity contribution is 0.281. The van der Waals surface area contributed by atoms with Crippen LogP contribution in [-0.2, 0) is 6.54 Å². The molecule has 1 N–H and O–H groups in total. The van der Waals surface area contributed by atoms with Gasteiger partial charge in [0.1, 0.15) is 11.6 Å². The van der Waals surface area contributed by atoms with Gasteiger partial charge in [-0.3, -0.25) is 0 Å². The van der Waals surface area contributed by atoms with E-state index in [-0.39, 0.29) is 12.4 Å². The van der Waals surface area contributed by atoms with E-state index < -0.39 is 0 Å². The molecule has 3 nitrogen and oxygen atoms in total. The highest BCUT2D eigenvalue weighted by Crippen LogP contribution is 2.27. The molecule has 0 unspecified atom stereocenters. The summed E-state index contributed by atoms with van der Waals surface area (Å²) in [6.45, 7) is 4.96. The summed E-state index contributed by atoms with van der Waals surface area (Å²) in [6, 6.07) is 10.6. The van der Waals surface area contributed by atoms with Crippen LogP contribution < -0.4 is 0 Å². The fourth-order valence-electron chi connectivity index (χ4n) is 2.65. The molecule has 114 valence electrons. The summed E-state index contributed by atoms with van der Waals surface area (Å²) in [6.07, 6.45) is 0.659. The number of aliphatic hydroxyl groups is 1. The number of halogens is 1. The molecule has 0 aliphatic heterocycles. The van der Waals surface area contributed by atoms with Crippen LogP contribution in [0.3, 0.4) is 0 Å². The highest BCUT2D eigenvalue weighted by Gasteiger charge is 2.13. The van der Waals surface area contributed by atoms with Crippen molar-refractivity contribution in [3.8, 4) is 11.4 Å². The zero-order valence-corrected chi connectivity index (χ0v) is 12.8. The first-order valence-corrected chi connectivity index (χ1v) is 7.44. The lowest BCUT2D eigenvalue weighted by Crippen LogP contribution is -2.03. The Bertz CT molecular complexity index is 806. The molecule has 3 aromatic rings. The van der Waals surface area contributed by atoms with E-state index in [1.807, 2.05) is 0 Å². The lowest BCUT2D eigenvalue weighted by Gasteiger charge is -2.09. The smallest absolute Gasteiger partial charge is 0.141 e. The van der Waals surface area contributed by atoms with Crippen molar-refractivity contribution in [1.29, 1.82) is 0 Å². The van der Waals surface area contributed by atoms with Crippen LogP contribution in [0.2, 0.25) is 0 Å². The van der Waals surface area contributed by atoms with Gasteiger partial charge in [-0.15, -0.1) is 0 Å². The fourth-order valence-corrected chi connectivity index (χ4v) is 2.65. The number of fused-ring (bicyclic) bond motifs is 1. The zero-order valence-electron chi connectivity index (χ0n) is 12.8. The number of imidazole rings is 1. The van der Waals surface area contributed by atoms with Crippen LogP contribution in [0.15, 0.2) is 36.4 Å². The maximum absolute atomic E-state index is 13.2. The van der Waals surface area contributed by atoms with Gasteiger partial charge in [0, 0.05) is 18.7 Å². The molecule has 0 bridgehead atoms. The van der Waals surface area contributed by atoms with Crippen LogP contribution in [-0.4, -0.2) is 21.3 Å². The third kappa shape index (κ3) is 2.62. The number of aliphatic hydroxyl groups excluding tert-OH is 1. The van der Waals surface area contributed by atoms with Crippen LogP contribution in [0.25, 0.3) is 22.4 Å². The summed E-state index contributed by atoms with van der Waals surface area (Å²) in [4.78, 5) is 4.73. The Morgan fingerprint density at radius 3 is 2.45 bits per heavy atom. The molecule has 3 rings (SSSR count). The maximum Gasteiger partial charge on any atom is 0.141 e. The van der Waals surface area contributed by atoms with E-state index in [0.29, 0.717) is 13.0 Å². The Labute approximate surface area is 129 Å². The number of hydrogen-bond acceptors (Lipinski definition) is 2. The van der Waals surface area contributed by atoms with Gasteiger partial charge < -0.3 is 9.67 Å². The Hall–Kier alpha value is -2.20. The summed E-state index contributed by atoms with van der Waals surface area (Å²) in [7, 11) is 0. The topological polar surface area (TPSA) is 38.0 Å². The summed E-state index contributed by atoms with van der Waals surface area (Å²) in [5.74, 6) is 0.557. The molecule has 0 saturated heterocycles. The highest BCUT2D eigenvalue weighted by molar-refractivity contribution is 5.82. The largest absolute Gasteiger partial charge is 0.396 e. The Morgan fingerprint density at radius 2 is 1.77 bits per heavy atom. The lowest BCUT2D eigenvalue weighted by atomic mass is 10.1. The average Bonchev–Trinajstić information content (AvgIpc) is 2.84. The van der Waals surface area contributed by atoms with Crippen LogP contribution in [0.4, 0.5) is 4.39 Å². The summed E-state index contributed by atoms with van der Waals surface area (Å²) >= 11 is 0. The number of aryl methyl sites for hydroxylation is 3. The van der Waals surface area contributed by atoms with Gasteiger partial charge in [-0.05, 0) is 67.8 Å². The minimum Gasteiger partial charge on any atom is -0.396 e. The summed E-state index contributed by atoms with van der Waals surface area (Å²) in [5.41, 5.74) is 5.27. The molecule has 0 amide bonds. The molecule has 0 fully saturated rings. The van der Waals surface area contributed by atoms with Crippen molar-refractivity contribution in [3.63, 3.8) is 0 Å². The molecule has 0 aliphatic rings. The molecule has 4 heteroatoms. The Morgan fingerprint density at radius 1 is 1.09 bits per heavy atom. The molecule has 22 heavy (non-hydrogen) atoms. The number of nitrogens with zero attached hydrogens (tertiary/aromatic N) is 2. The summed E-state index contributed by atoms with van der Waals surface area (Å²) in [5, 5.41) is 9.15. The van der Waals surface area contributed by atoms with Gasteiger partial charge in [0.05, 0.1) is 11.0 Å². The van der Waals surface area contributed by atoms with E-state index in [1.165, 1.54) is 23.3 Å². The standard InChI is InChI=1S/C18H19FN2O/c1-12-10-16-17(11-13(12)2)21(8-3-9-22)18(20-16)14-4-6-15(19)7-5-14/h4-7,10-11,22H,3,8-9H2,1-2H3. The van der Waals surface area contributed by atoms with Gasteiger partial charge in [0.15, 0.2) is 0 Å². The van der Waals surface area contributed by atoms with Crippen molar-refractivity contribution in [2.45, 2.75) is 26.8 Å².